The Morgan fingerprint density at radius 2 is 1.76 bits per heavy atom. The third-order valence-corrected chi connectivity index (χ3v) is 11.8. The summed E-state index contributed by atoms with van der Waals surface area (Å²) in [7, 11) is 2.16. The molecule has 4 fully saturated rings. The van der Waals surface area contributed by atoms with E-state index in [9.17, 15) is 27.6 Å². The van der Waals surface area contributed by atoms with Gasteiger partial charge in [0.05, 0.1) is 16.3 Å². The highest BCUT2D eigenvalue weighted by molar-refractivity contribution is 6.33. The predicted octanol–water partition coefficient (Wildman–Crippen LogP) is 4.74. The number of nitrogens with zero attached hydrogens (tertiary/aromatic N) is 4. The van der Waals surface area contributed by atoms with E-state index in [1.54, 1.807) is 4.90 Å². The Kier molecular flexibility index (Phi) is 8.98. The molecule has 5 aliphatic heterocycles. The predicted molar refractivity (Wildman–Crippen MR) is 178 cm³/mol. The number of hydrogen-bond acceptors (Lipinski definition) is 7. The van der Waals surface area contributed by atoms with E-state index in [4.69, 9.17) is 22.1 Å². The van der Waals surface area contributed by atoms with Gasteiger partial charge in [0.1, 0.15) is 0 Å². The molecule has 7 rings (SSSR count). The summed E-state index contributed by atoms with van der Waals surface area (Å²) in [5, 5.41) is 2.64. The quantitative estimate of drug-likeness (QED) is 0.433. The third-order valence-electron chi connectivity index (χ3n) is 11.5. The highest BCUT2D eigenvalue weighted by atomic mass is 35.5. The Balaban J connectivity index is 1.06. The van der Waals surface area contributed by atoms with Crippen molar-refractivity contribution in [3.8, 4) is 0 Å². The number of piperidine rings is 2. The fourth-order valence-corrected chi connectivity index (χ4v) is 9.04. The van der Waals surface area contributed by atoms with E-state index in [2.05, 4.69) is 22.2 Å². The zero-order chi connectivity index (χ0) is 34.7. The fourth-order valence-electron chi connectivity index (χ4n) is 8.80. The number of alkyl halides is 3. The van der Waals surface area contributed by atoms with Gasteiger partial charge in [-0.05, 0) is 68.5 Å². The molecule has 0 aliphatic carbocycles. The maximum Gasteiger partial charge on any atom is 0.418 e. The molecule has 2 aromatic rings. The first kappa shape index (κ1) is 33.9. The zero-order valence-electron chi connectivity index (χ0n) is 27.5. The molecule has 0 saturated carbocycles. The second kappa shape index (κ2) is 13.0. The Hall–Kier alpha value is -3.55. The number of fused-ring (bicyclic) bond motifs is 4. The first-order valence-electron chi connectivity index (χ1n) is 17.1. The molecule has 0 aromatic heterocycles. The van der Waals surface area contributed by atoms with Gasteiger partial charge in [-0.3, -0.25) is 14.5 Å². The summed E-state index contributed by atoms with van der Waals surface area (Å²) >= 11 is 6.12. The summed E-state index contributed by atoms with van der Waals surface area (Å²) in [4.78, 5) is 48.4. The van der Waals surface area contributed by atoms with Gasteiger partial charge in [0, 0.05) is 81.3 Å². The molecule has 5 aliphatic rings. The molecule has 5 heterocycles. The number of amides is 3. The van der Waals surface area contributed by atoms with Gasteiger partial charge in [0.2, 0.25) is 5.91 Å². The number of rotatable bonds is 5. The van der Waals surface area contributed by atoms with Crippen LogP contribution >= 0.6 is 11.6 Å². The van der Waals surface area contributed by atoms with Gasteiger partial charge in [0.25, 0.3) is 5.91 Å². The third kappa shape index (κ3) is 6.57. The zero-order valence-corrected chi connectivity index (χ0v) is 28.2. The van der Waals surface area contributed by atoms with Gasteiger partial charge in [0.15, 0.2) is 6.10 Å². The highest BCUT2D eigenvalue weighted by Gasteiger charge is 2.46. The van der Waals surface area contributed by atoms with Gasteiger partial charge in [-0.1, -0.05) is 29.8 Å². The number of para-hydroxylation sites is 1. The van der Waals surface area contributed by atoms with E-state index >= 15 is 0 Å². The molecular weight excluding hydrogens is 661 g/mol. The van der Waals surface area contributed by atoms with Crippen LogP contribution in [0.2, 0.25) is 5.02 Å². The van der Waals surface area contributed by atoms with Crippen LogP contribution in [0.4, 0.5) is 29.3 Å². The van der Waals surface area contributed by atoms with Crippen LogP contribution in [0.3, 0.4) is 0 Å². The molecule has 14 heteroatoms. The minimum absolute atomic E-state index is 0.0749. The second-order valence-corrected chi connectivity index (χ2v) is 14.8. The molecule has 2 unspecified atom stereocenters. The number of benzene rings is 2. The topological polar surface area (TPSA) is 111 Å². The van der Waals surface area contributed by atoms with Crippen molar-refractivity contribution in [2.24, 2.45) is 0 Å². The van der Waals surface area contributed by atoms with E-state index < -0.39 is 40.9 Å². The first-order valence-corrected chi connectivity index (χ1v) is 17.4. The number of anilines is 2. The standard InChI is InChI=1S/C35H42ClF3N6O4/c1-42-19-24-17-23(42)20-45(24)22-6-10-43(11-7-22)32(47)29(16-21-14-26(35(37,38)39)31(40)27(36)15-21)49-33(48)44-12-8-34(9-13-44)18-30(46)41-28-5-3-2-4-25(28)34/h2-5,14-15,22-24,29H,6-13,16-20,40H2,1H3,(H,41,46)/t23?,24?,29-/m1/s1. The molecule has 0 radical (unpaired) electrons. The number of carbonyl (C=O) groups is 3. The van der Waals surface area contributed by atoms with Crippen LogP contribution < -0.4 is 11.1 Å². The lowest BCUT2D eigenvalue weighted by molar-refractivity contribution is -0.142. The lowest BCUT2D eigenvalue weighted by atomic mass is 9.68. The Morgan fingerprint density at radius 3 is 2.41 bits per heavy atom. The summed E-state index contributed by atoms with van der Waals surface area (Å²) < 4.78 is 47.4. The number of nitrogen functional groups attached to an aromatic ring is 1. The molecule has 4 saturated heterocycles. The minimum Gasteiger partial charge on any atom is -0.436 e. The summed E-state index contributed by atoms with van der Waals surface area (Å²) in [5.74, 6) is -0.517. The number of nitrogens with two attached hydrogens (primary N) is 1. The monoisotopic (exact) mass is 702 g/mol. The van der Waals surface area contributed by atoms with E-state index in [-0.39, 0.29) is 22.9 Å². The molecule has 3 atom stereocenters. The molecular formula is C35H42ClF3N6O4. The average molecular weight is 703 g/mol. The maximum atomic E-state index is 14.1. The number of likely N-dealkylation sites (N-methyl/N-ethyl adjacent to an activating group) is 1. The smallest absolute Gasteiger partial charge is 0.418 e. The van der Waals surface area contributed by atoms with Crippen molar-refractivity contribution in [2.75, 3.05) is 57.4 Å². The first-order chi connectivity index (χ1) is 23.3. The maximum absolute atomic E-state index is 14.1. The largest absolute Gasteiger partial charge is 0.436 e. The second-order valence-electron chi connectivity index (χ2n) is 14.4. The number of nitrogens with one attached hydrogen (secondary N) is 1. The molecule has 2 aromatic carbocycles. The van der Waals surface area contributed by atoms with Crippen LogP contribution in [0.25, 0.3) is 0 Å². The number of likely N-dealkylation sites (tertiary alicyclic amines) is 4. The van der Waals surface area contributed by atoms with Crippen LogP contribution in [0.5, 0.6) is 0 Å². The van der Waals surface area contributed by atoms with Crippen molar-refractivity contribution in [1.29, 1.82) is 0 Å². The van der Waals surface area contributed by atoms with Gasteiger partial charge < -0.3 is 30.5 Å². The fraction of sp³-hybridized carbons (Fsp3) is 0.571. The molecule has 264 valence electrons. The summed E-state index contributed by atoms with van der Waals surface area (Å²) in [6.45, 7) is 3.59. The number of piperazine rings is 1. The van der Waals surface area contributed by atoms with Crippen LogP contribution in [0.15, 0.2) is 36.4 Å². The van der Waals surface area contributed by atoms with E-state index in [1.165, 1.54) is 11.0 Å². The van der Waals surface area contributed by atoms with Crippen molar-refractivity contribution in [3.63, 3.8) is 0 Å². The van der Waals surface area contributed by atoms with Crippen LogP contribution in [-0.4, -0.2) is 108 Å². The Labute approximate surface area is 288 Å². The van der Waals surface area contributed by atoms with E-state index in [0.717, 1.165) is 49.7 Å². The van der Waals surface area contributed by atoms with Crippen molar-refractivity contribution in [2.45, 2.75) is 80.8 Å². The minimum atomic E-state index is -4.76. The van der Waals surface area contributed by atoms with Crippen LogP contribution in [0, 0.1) is 0 Å². The number of carbonyl (C=O) groups excluding carboxylic acids is 3. The summed E-state index contributed by atoms with van der Waals surface area (Å²) in [6.07, 6.45) is -3.07. The van der Waals surface area contributed by atoms with E-state index in [1.807, 2.05) is 24.3 Å². The Bertz CT molecular complexity index is 1620. The van der Waals surface area contributed by atoms with Gasteiger partial charge in [-0.15, -0.1) is 0 Å². The molecule has 1 spiro atoms. The highest BCUT2D eigenvalue weighted by Crippen LogP contribution is 2.45. The summed E-state index contributed by atoms with van der Waals surface area (Å²) in [5.41, 5.74) is 5.45. The summed E-state index contributed by atoms with van der Waals surface area (Å²) in [6, 6.07) is 11.3. The van der Waals surface area contributed by atoms with E-state index in [0.29, 0.717) is 63.6 Å². The molecule has 2 bridgehead atoms. The van der Waals surface area contributed by atoms with Crippen molar-refractivity contribution < 1.29 is 32.3 Å². The van der Waals surface area contributed by atoms with Crippen molar-refractivity contribution in [3.05, 3.63) is 58.1 Å². The van der Waals surface area contributed by atoms with Crippen molar-refractivity contribution in [1.82, 2.24) is 19.6 Å². The number of hydrogen-bond donors (Lipinski definition) is 2. The van der Waals surface area contributed by atoms with Crippen LogP contribution in [-0.2, 0) is 32.3 Å². The lowest BCUT2D eigenvalue weighted by Gasteiger charge is -2.44. The average Bonchev–Trinajstić information content (AvgIpc) is 3.65. The van der Waals surface area contributed by atoms with Gasteiger partial charge in [-0.25, -0.2) is 4.79 Å². The molecule has 3 N–H and O–H groups in total. The van der Waals surface area contributed by atoms with Gasteiger partial charge in [-0.2, -0.15) is 13.2 Å². The lowest BCUT2D eigenvalue weighted by Crippen LogP contribution is -2.55. The molecule has 10 nitrogen and oxygen atoms in total. The van der Waals surface area contributed by atoms with Gasteiger partial charge >= 0.3 is 12.3 Å². The normalized spacial score (nSPS) is 25.0. The molecule has 3 amide bonds. The number of ether oxygens (including phenoxy) is 1. The van der Waals surface area contributed by atoms with Crippen molar-refractivity contribution >= 4 is 40.9 Å². The molecule has 49 heavy (non-hydrogen) atoms. The SMILES string of the molecule is CN1CC2CC1CN2C1CCN(C(=O)[C@@H](Cc2cc(Cl)c(N)c(C(F)(F)F)c2)OC(=O)N2CCC3(CC2)CC(=O)Nc2ccccc23)CC1. The van der Waals surface area contributed by atoms with Crippen LogP contribution in [0.1, 0.15) is 55.2 Å². The Morgan fingerprint density at radius 1 is 1.04 bits per heavy atom. The number of halogens is 4.